The van der Waals surface area contributed by atoms with Crippen molar-refractivity contribution in [2.24, 2.45) is 11.1 Å². The summed E-state index contributed by atoms with van der Waals surface area (Å²) in [5.74, 6) is -0.570. The predicted molar refractivity (Wildman–Crippen MR) is 107 cm³/mol. The second-order valence-electron chi connectivity index (χ2n) is 6.61. The van der Waals surface area contributed by atoms with E-state index < -0.39 is 10.0 Å². The monoisotopic (exact) mass is 421 g/mol. The number of hydrogen-bond acceptors (Lipinski definition) is 4. The maximum atomic E-state index is 12.7. The molecule has 1 aliphatic rings. The van der Waals surface area contributed by atoms with Gasteiger partial charge in [0.15, 0.2) is 0 Å². The van der Waals surface area contributed by atoms with Crippen LogP contribution in [0.1, 0.15) is 23.2 Å². The van der Waals surface area contributed by atoms with Crippen LogP contribution in [0.25, 0.3) is 0 Å². The molecule has 28 heavy (non-hydrogen) atoms. The largest absolute Gasteiger partial charge is 0.339 e. The molecular weight excluding hydrogens is 402 g/mol. The van der Waals surface area contributed by atoms with Gasteiger partial charge in [-0.15, -0.1) is 0 Å². The molecule has 1 aliphatic heterocycles. The number of para-hydroxylation sites is 1. The molecular formula is C19H20ClN3O4S. The van der Waals surface area contributed by atoms with Crippen molar-refractivity contribution in [3.8, 4) is 0 Å². The van der Waals surface area contributed by atoms with E-state index >= 15 is 0 Å². The Labute approximate surface area is 168 Å². The molecule has 3 rings (SSSR count). The van der Waals surface area contributed by atoms with Gasteiger partial charge in [0.1, 0.15) is 4.90 Å². The van der Waals surface area contributed by atoms with Crippen LogP contribution in [0.5, 0.6) is 0 Å². The molecule has 0 unspecified atom stereocenters. The van der Waals surface area contributed by atoms with E-state index in [1.54, 1.807) is 4.90 Å². The summed E-state index contributed by atoms with van der Waals surface area (Å²) in [6.45, 7) is 0.804. The van der Waals surface area contributed by atoms with Gasteiger partial charge in [0.05, 0.1) is 5.02 Å². The molecule has 1 saturated heterocycles. The number of piperidine rings is 1. The Morgan fingerprint density at radius 1 is 1.07 bits per heavy atom. The number of benzene rings is 2. The molecule has 0 saturated carbocycles. The van der Waals surface area contributed by atoms with Crippen molar-refractivity contribution in [2.45, 2.75) is 17.7 Å². The molecule has 0 spiro atoms. The summed E-state index contributed by atoms with van der Waals surface area (Å²) in [5.41, 5.74) is 0.934. The number of carbonyl (C=O) groups is 2. The Bertz CT molecular complexity index is 987. The number of sulfonamides is 1. The van der Waals surface area contributed by atoms with E-state index in [1.165, 1.54) is 18.2 Å². The fourth-order valence-corrected chi connectivity index (χ4v) is 4.22. The van der Waals surface area contributed by atoms with Crippen molar-refractivity contribution in [3.63, 3.8) is 0 Å². The standard InChI is InChI=1S/C19H20ClN3O4S/c20-16-7-6-14(12-17(16)28(21,26)27)19(25)23-10-8-13(9-11-23)18(24)22-15-4-2-1-3-5-15/h1-7,12-13H,8-11H2,(H,22,24)(H2,21,26,27). The highest BCUT2D eigenvalue weighted by Crippen LogP contribution is 2.25. The lowest BCUT2D eigenvalue weighted by Gasteiger charge is -2.31. The van der Waals surface area contributed by atoms with Crippen LogP contribution in [0.2, 0.25) is 5.02 Å². The molecule has 7 nitrogen and oxygen atoms in total. The van der Waals surface area contributed by atoms with E-state index in [4.69, 9.17) is 16.7 Å². The van der Waals surface area contributed by atoms with E-state index in [9.17, 15) is 18.0 Å². The number of carbonyl (C=O) groups excluding carboxylic acids is 2. The van der Waals surface area contributed by atoms with Gasteiger partial charge in [-0.05, 0) is 43.2 Å². The number of amides is 2. The molecule has 148 valence electrons. The van der Waals surface area contributed by atoms with Gasteiger partial charge >= 0.3 is 0 Å². The Morgan fingerprint density at radius 3 is 2.32 bits per heavy atom. The zero-order valence-corrected chi connectivity index (χ0v) is 16.5. The van der Waals surface area contributed by atoms with Crippen LogP contribution in [0.3, 0.4) is 0 Å². The van der Waals surface area contributed by atoms with E-state index in [1.807, 2.05) is 30.3 Å². The van der Waals surface area contributed by atoms with Crippen LogP contribution in [0.15, 0.2) is 53.4 Å². The quantitative estimate of drug-likeness (QED) is 0.790. The first-order valence-electron chi connectivity index (χ1n) is 8.73. The third-order valence-electron chi connectivity index (χ3n) is 4.68. The van der Waals surface area contributed by atoms with Crippen LogP contribution >= 0.6 is 11.6 Å². The van der Waals surface area contributed by atoms with Crippen molar-refractivity contribution in [1.29, 1.82) is 0 Å². The highest BCUT2D eigenvalue weighted by atomic mass is 35.5. The maximum absolute atomic E-state index is 12.7. The fourth-order valence-electron chi connectivity index (χ4n) is 3.15. The Hall–Kier alpha value is -2.42. The number of primary sulfonamides is 1. The molecule has 0 bridgehead atoms. The van der Waals surface area contributed by atoms with Crippen LogP contribution in [0.4, 0.5) is 5.69 Å². The molecule has 2 amide bonds. The SMILES string of the molecule is NS(=O)(=O)c1cc(C(=O)N2CCC(C(=O)Nc3ccccc3)CC2)ccc1Cl. The first-order chi connectivity index (χ1) is 13.3. The molecule has 0 radical (unpaired) electrons. The molecule has 9 heteroatoms. The highest BCUT2D eigenvalue weighted by Gasteiger charge is 2.28. The third-order valence-corrected chi connectivity index (χ3v) is 6.07. The number of likely N-dealkylation sites (tertiary alicyclic amines) is 1. The van der Waals surface area contributed by atoms with Crippen molar-refractivity contribution in [2.75, 3.05) is 18.4 Å². The van der Waals surface area contributed by atoms with Gasteiger partial charge < -0.3 is 10.2 Å². The zero-order chi connectivity index (χ0) is 20.3. The molecule has 0 atom stereocenters. The minimum atomic E-state index is -4.03. The van der Waals surface area contributed by atoms with Gasteiger partial charge in [0, 0.05) is 30.3 Å². The molecule has 0 aliphatic carbocycles. The maximum Gasteiger partial charge on any atom is 0.253 e. The zero-order valence-electron chi connectivity index (χ0n) is 15.0. The minimum absolute atomic E-state index is 0.0321. The summed E-state index contributed by atoms with van der Waals surface area (Å²) in [6, 6.07) is 13.2. The lowest BCUT2D eigenvalue weighted by Crippen LogP contribution is -2.41. The van der Waals surface area contributed by atoms with Gasteiger partial charge in [-0.1, -0.05) is 29.8 Å². The van der Waals surface area contributed by atoms with E-state index in [0.717, 1.165) is 5.69 Å². The van der Waals surface area contributed by atoms with E-state index in [0.29, 0.717) is 25.9 Å². The fraction of sp³-hybridized carbons (Fsp3) is 0.263. The Kier molecular flexibility index (Phi) is 6.02. The molecule has 2 aromatic carbocycles. The predicted octanol–water partition coefficient (Wildman–Crippen LogP) is 2.48. The molecule has 0 aromatic heterocycles. The van der Waals surface area contributed by atoms with Crippen LogP contribution < -0.4 is 10.5 Å². The van der Waals surface area contributed by atoms with Crippen LogP contribution in [-0.2, 0) is 14.8 Å². The molecule has 1 heterocycles. The average molecular weight is 422 g/mol. The summed E-state index contributed by atoms with van der Waals surface area (Å²) in [6.07, 6.45) is 1.06. The lowest BCUT2D eigenvalue weighted by molar-refractivity contribution is -0.121. The number of rotatable bonds is 4. The second kappa shape index (κ2) is 8.30. The topological polar surface area (TPSA) is 110 Å². The number of hydrogen-bond donors (Lipinski definition) is 2. The first-order valence-corrected chi connectivity index (χ1v) is 10.7. The van der Waals surface area contributed by atoms with Crippen molar-refractivity contribution < 1.29 is 18.0 Å². The van der Waals surface area contributed by atoms with Crippen molar-refractivity contribution >= 4 is 39.1 Å². The van der Waals surface area contributed by atoms with Gasteiger partial charge in [-0.3, -0.25) is 9.59 Å². The van der Waals surface area contributed by atoms with Gasteiger partial charge in [0.2, 0.25) is 15.9 Å². The molecule has 1 fully saturated rings. The first kappa shape index (κ1) is 20.3. The Morgan fingerprint density at radius 2 is 1.71 bits per heavy atom. The van der Waals surface area contributed by atoms with E-state index in [2.05, 4.69) is 5.32 Å². The summed E-state index contributed by atoms with van der Waals surface area (Å²) in [4.78, 5) is 26.4. The second-order valence-corrected chi connectivity index (χ2v) is 8.55. The van der Waals surface area contributed by atoms with Crippen LogP contribution in [-0.4, -0.2) is 38.2 Å². The molecule has 3 N–H and O–H groups in total. The van der Waals surface area contributed by atoms with Gasteiger partial charge in [-0.2, -0.15) is 0 Å². The molecule has 2 aromatic rings. The number of nitrogens with zero attached hydrogens (tertiary/aromatic N) is 1. The number of anilines is 1. The third kappa shape index (κ3) is 4.70. The van der Waals surface area contributed by atoms with Crippen molar-refractivity contribution in [3.05, 3.63) is 59.1 Å². The van der Waals surface area contributed by atoms with Crippen molar-refractivity contribution in [1.82, 2.24) is 4.90 Å². The summed E-state index contributed by atoms with van der Waals surface area (Å²) in [5, 5.41) is 7.99. The van der Waals surface area contributed by atoms with Crippen LogP contribution in [0, 0.1) is 5.92 Å². The number of nitrogens with one attached hydrogen (secondary N) is 1. The summed E-state index contributed by atoms with van der Waals surface area (Å²) >= 11 is 5.86. The number of halogens is 1. The van der Waals surface area contributed by atoms with Gasteiger partial charge in [-0.25, -0.2) is 13.6 Å². The Balaban J connectivity index is 1.63. The van der Waals surface area contributed by atoms with E-state index in [-0.39, 0.29) is 33.2 Å². The normalized spacial score (nSPS) is 15.3. The lowest BCUT2D eigenvalue weighted by atomic mass is 9.95. The highest BCUT2D eigenvalue weighted by molar-refractivity contribution is 7.89. The average Bonchev–Trinajstić information content (AvgIpc) is 2.68. The van der Waals surface area contributed by atoms with Gasteiger partial charge in [0.25, 0.3) is 5.91 Å². The smallest absolute Gasteiger partial charge is 0.253 e. The number of nitrogens with two attached hydrogens (primary N) is 1. The minimum Gasteiger partial charge on any atom is -0.339 e. The summed E-state index contributed by atoms with van der Waals surface area (Å²) < 4.78 is 23.2. The summed E-state index contributed by atoms with van der Waals surface area (Å²) in [7, 11) is -4.03.